The van der Waals surface area contributed by atoms with Crippen molar-refractivity contribution in [2.45, 2.75) is 12.8 Å². The lowest BCUT2D eigenvalue weighted by Crippen LogP contribution is -2.23. The Morgan fingerprint density at radius 1 is 1.47 bits per heavy atom. The van der Waals surface area contributed by atoms with Crippen LogP contribution in [0.5, 0.6) is 5.75 Å². The predicted octanol–water partition coefficient (Wildman–Crippen LogP) is 1.28. The van der Waals surface area contributed by atoms with E-state index >= 15 is 0 Å². The number of hydrogen-bond acceptors (Lipinski definition) is 4. The molecule has 2 rings (SSSR count). The van der Waals surface area contributed by atoms with Crippen molar-refractivity contribution in [3.8, 4) is 5.75 Å². The summed E-state index contributed by atoms with van der Waals surface area (Å²) in [6.07, 6.45) is 1.19. The van der Waals surface area contributed by atoms with Crippen molar-refractivity contribution < 1.29 is 14.5 Å². The smallest absolute Gasteiger partial charge is 0.273 e. The monoisotopic (exact) mass is 236 g/mol. The molecule has 0 fully saturated rings. The van der Waals surface area contributed by atoms with Gasteiger partial charge in [0.1, 0.15) is 5.75 Å². The number of nitro benzene ring substituents is 1. The summed E-state index contributed by atoms with van der Waals surface area (Å²) in [4.78, 5) is 22.3. The van der Waals surface area contributed by atoms with E-state index < -0.39 is 4.92 Å². The second-order valence-electron chi connectivity index (χ2n) is 3.76. The lowest BCUT2D eigenvalue weighted by atomic mass is 10.0. The number of amides is 1. The molecular formula is C11H12N2O4. The van der Waals surface area contributed by atoms with Crippen LogP contribution in [0.2, 0.25) is 0 Å². The first-order valence-electron chi connectivity index (χ1n) is 5.27. The number of fused-ring (bicyclic) bond motifs is 1. The van der Waals surface area contributed by atoms with Crippen molar-refractivity contribution in [3.05, 3.63) is 33.4 Å². The van der Waals surface area contributed by atoms with E-state index in [2.05, 4.69) is 5.32 Å². The molecule has 90 valence electrons. The van der Waals surface area contributed by atoms with E-state index in [0.717, 1.165) is 0 Å². The molecule has 0 aromatic heterocycles. The summed E-state index contributed by atoms with van der Waals surface area (Å²) in [5, 5.41) is 13.6. The summed E-state index contributed by atoms with van der Waals surface area (Å²) in [5.74, 6) is 0.0723. The van der Waals surface area contributed by atoms with Gasteiger partial charge in [-0.2, -0.15) is 0 Å². The van der Waals surface area contributed by atoms with Crippen LogP contribution in [0.15, 0.2) is 12.1 Å². The molecule has 1 amide bonds. The van der Waals surface area contributed by atoms with E-state index in [1.165, 1.54) is 19.2 Å². The summed E-state index contributed by atoms with van der Waals surface area (Å²) in [7, 11) is 1.44. The second kappa shape index (κ2) is 4.40. The molecule has 0 bridgehead atoms. The fraction of sp³-hybridized carbons (Fsp3) is 0.364. The normalized spacial score (nSPS) is 14.5. The first kappa shape index (κ1) is 11.4. The maximum atomic E-state index is 11.8. The van der Waals surface area contributed by atoms with Crippen LogP contribution < -0.4 is 10.1 Å². The average Bonchev–Trinajstić information content (AvgIpc) is 2.50. The minimum absolute atomic E-state index is 0.0159. The maximum Gasteiger partial charge on any atom is 0.273 e. The Hall–Kier alpha value is -2.11. The van der Waals surface area contributed by atoms with Gasteiger partial charge in [-0.05, 0) is 18.9 Å². The zero-order chi connectivity index (χ0) is 12.4. The molecule has 1 N–H and O–H groups in total. The molecule has 0 saturated heterocycles. The molecule has 6 nitrogen and oxygen atoms in total. The third kappa shape index (κ3) is 1.93. The van der Waals surface area contributed by atoms with Crippen molar-refractivity contribution in [1.82, 2.24) is 5.32 Å². The Kier molecular flexibility index (Phi) is 2.95. The summed E-state index contributed by atoms with van der Waals surface area (Å²) < 4.78 is 5.09. The van der Waals surface area contributed by atoms with Gasteiger partial charge in [0, 0.05) is 18.2 Å². The van der Waals surface area contributed by atoms with E-state index in [9.17, 15) is 14.9 Å². The van der Waals surface area contributed by atoms with Crippen LogP contribution in [-0.4, -0.2) is 24.5 Å². The molecule has 1 aliphatic rings. The maximum absolute atomic E-state index is 11.8. The number of nitrogens with one attached hydrogen (secondary N) is 1. The summed E-state index contributed by atoms with van der Waals surface area (Å²) in [6.45, 7) is 0.522. The summed E-state index contributed by atoms with van der Waals surface area (Å²) in [6, 6.07) is 2.85. The predicted molar refractivity (Wildman–Crippen MR) is 60.3 cm³/mol. The van der Waals surface area contributed by atoms with E-state index in [1.54, 1.807) is 0 Å². The number of carbonyl (C=O) groups excluding carboxylic acids is 1. The number of methoxy groups -OCH3 is 1. The third-order valence-electron chi connectivity index (χ3n) is 2.78. The van der Waals surface area contributed by atoms with Crippen LogP contribution in [-0.2, 0) is 6.42 Å². The minimum Gasteiger partial charge on any atom is -0.496 e. The largest absolute Gasteiger partial charge is 0.496 e. The van der Waals surface area contributed by atoms with Crippen molar-refractivity contribution in [2.75, 3.05) is 13.7 Å². The molecule has 0 radical (unpaired) electrons. The molecule has 0 spiro atoms. The number of benzene rings is 1. The highest BCUT2D eigenvalue weighted by molar-refractivity contribution is 5.99. The molecule has 1 heterocycles. The van der Waals surface area contributed by atoms with Gasteiger partial charge in [0.15, 0.2) is 0 Å². The average molecular weight is 236 g/mol. The van der Waals surface area contributed by atoms with Gasteiger partial charge in [-0.1, -0.05) is 0 Å². The lowest BCUT2D eigenvalue weighted by Gasteiger charge is -2.10. The number of hydrogen-bond donors (Lipinski definition) is 1. The minimum atomic E-state index is -0.461. The number of nitro groups is 1. The topological polar surface area (TPSA) is 81.5 Å². The van der Waals surface area contributed by atoms with Gasteiger partial charge < -0.3 is 10.1 Å². The highest BCUT2D eigenvalue weighted by Gasteiger charge is 2.27. The van der Waals surface area contributed by atoms with Gasteiger partial charge >= 0.3 is 0 Å². The number of rotatable bonds is 2. The number of ether oxygens (including phenoxy) is 1. The van der Waals surface area contributed by atoms with Crippen LogP contribution in [0.4, 0.5) is 5.69 Å². The van der Waals surface area contributed by atoms with Crippen molar-refractivity contribution in [1.29, 1.82) is 0 Å². The number of nitrogens with zero attached hydrogens (tertiary/aromatic N) is 1. The Labute approximate surface area is 97.7 Å². The van der Waals surface area contributed by atoms with Crippen LogP contribution in [0.1, 0.15) is 22.3 Å². The van der Waals surface area contributed by atoms with E-state index in [0.29, 0.717) is 36.3 Å². The van der Waals surface area contributed by atoms with Crippen LogP contribution in [0, 0.1) is 10.1 Å². The molecule has 0 saturated carbocycles. The Morgan fingerprint density at radius 2 is 2.24 bits per heavy atom. The highest BCUT2D eigenvalue weighted by atomic mass is 16.6. The van der Waals surface area contributed by atoms with E-state index in [4.69, 9.17) is 4.74 Å². The fourth-order valence-electron chi connectivity index (χ4n) is 2.01. The molecule has 0 aliphatic carbocycles. The fourth-order valence-corrected chi connectivity index (χ4v) is 2.01. The standard InChI is InChI=1S/C11H12N2O4/c1-17-9-5-4-8(13(15)16)7-3-2-6-12-11(14)10(7)9/h4-5H,2-3,6H2,1H3,(H,12,14). The molecule has 1 aromatic rings. The second-order valence-corrected chi connectivity index (χ2v) is 3.76. The van der Waals surface area contributed by atoms with E-state index in [1.807, 2.05) is 0 Å². The number of carbonyl (C=O) groups is 1. The molecule has 1 aliphatic heterocycles. The molecule has 17 heavy (non-hydrogen) atoms. The van der Waals surface area contributed by atoms with E-state index in [-0.39, 0.29) is 11.6 Å². The Balaban J connectivity index is 2.67. The highest BCUT2D eigenvalue weighted by Crippen LogP contribution is 2.32. The SMILES string of the molecule is COc1ccc([N+](=O)[O-])c2c1C(=O)NCCC2. The Bertz CT molecular complexity index is 485. The Morgan fingerprint density at radius 3 is 2.88 bits per heavy atom. The molecule has 6 heteroatoms. The summed E-state index contributed by atoms with van der Waals surface area (Å²) >= 11 is 0. The van der Waals surface area contributed by atoms with Crippen molar-refractivity contribution in [3.63, 3.8) is 0 Å². The van der Waals surface area contributed by atoms with Crippen molar-refractivity contribution >= 4 is 11.6 Å². The van der Waals surface area contributed by atoms with Gasteiger partial charge in [0.25, 0.3) is 11.6 Å². The first-order chi connectivity index (χ1) is 8.15. The zero-order valence-electron chi connectivity index (χ0n) is 9.36. The van der Waals surface area contributed by atoms with Gasteiger partial charge in [-0.25, -0.2) is 0 Å². The quantitative estimate of drug-likeness (QED) is 0.619. The lowest BCUT2D eigenvalue weighted by molar-refractivity contribution is -0.385. The first-order valence-corrected chi connectivity index (χ1v) is 5.27. The van der Waals surface area contributed by atoms with Crippen molar-refractivity contribution in [2.24, 2.45) is 0 Å². The molecular weight excluding hydrogens is 224 g/mol. The van der Waals surface area contributed by atoms with Crippen LogP contribution in [0.3, 0.4) is 0 Å². The van der Waals surface area contributed by atoms with Gasteiger partial charge in [-0.3, -0.25) is 14.9 Å². The van der Waals surface area contributed by atoms with Gasteiger partial charge in [0.2, 0.25) is 0 Å². The zero-order valence-corrected chi connectivity index (χ0v) is 9.36. The summed E-state index contributed by atoms with van der Waals surface area (Å²) in [5.41, 5.74) is 0.737. The third-order valence-corrected chi connectivity index (χ3v) is 2.78. The van der Waals surface area contributed by atoms with Gasteiger partial charge in [0.05, 0.1) is 17.6 Å². The van der Waals surface area contributed by atoms with Gasteiger partial charge in [-0.15, -0.1) is 0 Å². The molecule has 1 aromatic carbocycles. The van der Waals surface area contributed by atoms with Crippen LogP contribution in [0.25, 0.3) is 0 Å². The van der Waals surface area contributed by atoms with Crippen LogP contribution >= 0.6 is 0 Å². The molecule has 0 unspecified atom stereocenters. The molecule has 0 atom stereocenters.